The highest BCUT2D eigenvalue weighted by molar-refractivity contribution is 5.93. The van der Waals surface area contributed by atoms with E-state index in [2.05, 4.69) is 5.32 Å². The first-order chi connectivity index (χ1) is 8.08. The van der Waals surface area contributed by atoms with Crippen molar-refractivity contribution in [3.8, 4) is 0 Å². The number of amides is 1. The van der Waals surface area contributed by atoms with Crippen LogP contribution < -0.4 is 5.32 Å². The maximum atomic E-state index is 11.5. The molecule has 0 heterocycles. The Balaban J connectivity index is 2.86. The third-order valence-corrected chi connectivity index (χ3v) is 2.33. The molecular formula is C13H17NO3. The van der Waals surface area contributed by atoms with Crippen LogP contribution in [-0.2, 0) is 9.53 Å². The van der Waals surface area contributed by atoms with E-state index in [4.69, 9.17) is 4.74 Å². The summed E-state index contributed by atoms with van der Waals surface area (Å²) in [5, 5.41) is 2.77. The van der Waals surface area contributed by atoms with Gasteiger partial charge >= 0.3 is 5.97 Å². The summed E-state index contributed by atoms with van der Waals surface area (Å²) in [7, 11) is 0. The molecule has 0 fully saturated rings. The standard InChI is InChI=1S/C13H17NO3/c1-4-12(15)14-11-7-6-10(8-9(11)3)13(16)17-5-2/h6-8H,4-5H2,1-3H3,(H,14,15). The molecule has 0 spiro atoms. The number of esters is 1. The molecule has 1 amide bonds. The van der Waals surface area contributed by atoms with Gasteiger partial charge in [-0.15, -0.1) is 0 Å². The molecule has 0 bridgehead atoms. The van der Waals surface area contributed by atoms with Gasteiger partial charge in [0.2, 0.25) is 5.91 Å². The Morgan fingerprint density at radius 3 is 2.53 bits per heavy atom. The lowest BCUT2D eigenvalue weighted by Gasteiger charge is -2.09. The Morgan fingerprint density at radius 2 is 2.00 bits per heavy atom. The van der Waals surface area contributed by atoms with Crippen LogP contribution in [0, 0.1) is 6.92 Å². The van der Waals surface area contributed by atoms with Gasteiger partial charge in [-0.25, -0.2) is 4.79 Å². The minimum atomic E-state index is -0.344. The topological polar surface area (TPSA) is 55.4 Å². The van der Waals surface area contributed by atoms with Gasteiger partial charge in [-0.3, -0.25) is 4.79 Å². The highest BCUT2D eigenvalue weighted by Crippen LogP contribution is 2.17. The minimum Gasteiger partial charge on any atom is -0.462 e. The van der Waals surface area contributed by atoms with Gasteiger partial charge in [0.25, 0.3) is 0 Å². The fourth-order valence-electron chi connectivity index (χ4n) is 1.38. The van der Waals surface area contributed by atoms with Crippen molar-refractivity contribution in [2.45, 2.75) is 27.2 Å². The smallest absolute Gasteiger partial charge is 0.338 e. The maximum absolute atomic E-state index is 11.5. The molecule has 0 aliphatic heterocycles. The van der Waals surface area contributed by atoms with Crippen molar-refractivity contribution in [3.63, 3.8) is 0 Å². The van der Waals surface area contributed by atoms with Crippen molar-refractivity contribution in [1.82, 2.24) is 0 Å². The van der Waals surface area contributed by atoms with Crippen LogP contribution in [0.4, 0.5) is 5.69 Å². The summed E-state index contributed by atoms with van der Waals surface area (Å²) >= 11 is 0. The van der Waals surface area contributed by atoms with Gasteiger partial charge in [0.15, 0.2) is 0 Å². The number of nitrogens with one attached hydrogen (secondary N) is 1. The van der Waals surface area contributed by atoms with Crippen molar-refractivity contribution in [2.75, 3.05) is 11.9 Å². The molecule has 0 unspecified atom stereocenters. The third kappa shape index (κ3) is 3.59. The Kier molecular flexibility index (Phi) is 4.69. The summed E-state index contributed by atoms with van der Waals surface area (Å²) in [6.45, 7) is 5.75. The van der Waals surface area contributed by atoms with E-state index in [-0.39, 0.29) is 11.9 Å². The first-order valence-electron chi connectivity index (χ1n) is 5.66. The van der Waals surface area contributed by atoms with E-state index in [1.807, 2.05) is 6.92 Å². The Labute approximate surface area is 101 Å². The first-order valence-corrected chi connectivity index (χ1v) is 5.66. The molecule has 0 radical (unpaired) electrons. The number of hydrogen-bond acceptors (Lipinski definition) is 3. The predicted molar refractivity (Wildman–Crippen MR) is 66.1 cm³/mol. The number of anilines is 1. The summed E-state index contributed by atoms with van der Waals surface area (Å²) in [4.78, 5) is 22.7. The van der Waals surface area contributed by atoms with Crippen LogP contribution in [0.2, 0.25) is 0 Å². The normalized spacial score (nSPS) is 9.82. The van der Waals surface area contributed by atoms with E-state index in [1.54, 1.807) is 32.0 Å². The van der Waals surface area contributed by atoms with E-state index in [0.29, 0.717) is 18.6 Å². The summed E-state index contributed by atoms with van der Waals surface area (Å²) in [6, 6.07) is 5.08. The van der Waals surface area contributed by atoms with Crippen molar-refractivity contribution in [2.24, 2.45) is 0 Å². The lowest BCUT2D eigenvalue weighted by molar-refractivity contribution is -0.115. The second-order valence-corrected chi connectivity index (χ2v) is 3.65. The van der Waals surface area contributed by atoms with Gasteiger partial charge in [-0.2, -0.15) is 0 Å². The second-order valence-electron chi connectivity index (χ2n) is 3.65. The van der Waals surface area contributed by atoms with Crippen LogP contribution in [0.5, 0.6) is 0 Å². The summed E-state index contributed by atoms with van der Waals surface area (Å²) in [6.07, 6.45) is 0.430. The van der Waals surface area contributed by atoms with Crippen molar-refractivity contribution in [1.29, 1.82) is 0 Å². The number of hydrogen-bond donors (Lipinski definition) is 1. The average molecular weight is 235 g/mol. The monoisotopic (exact) mass is 235 g/mol. The van der Waals surface area contributed by atoms with Gasteiger partial charge in [-0.1, -0.05) is 6.92 Å². The molecule has 1 rings (SSSR count). The quantitative estimate of drug-likeness (QED) is 0.816. The van der Waals surface area contributed by atoms with Gasteiger partial charge in [0.1, 0.15) is 0 Å². The molecule has 92 valence electrons. The Morgan fingerprint density at radius 1 is 1.29 bits per heavy atom. The van der Waals surface area contributed by atoms with Crippen molar-refractivity contribution < 1.29 is 14.3 Å². The van der Waals surface area contributed by atoms with Gasteiger partial charge in [0, 0.05) is 12.1 Å². The molecule has 0 aliphatic rings. The van der Waals surface area contributed by atoms with E-state index >= 15 is 0 Å². The highest BCUT2D eigenvalue weighted by atomic mass is 16.5. The average Bonchev–Trinajstić information content (AvgIpc) is 2.31. The molecule has 4 nitrogen and oxygen atoms in total. The first kappa shape index (κ1) is 13.2. The van der Waals surface area contributed by atoms with Crippen LogP contribution in [0.15, 0.2) is 18.2 Å². The zero-order valence-electron chi connectivity index (χ0n) is 10.4. The molecule has 0 aliphatic carbocycles. The number of carbonyl (C=O) groups is 2. The third-order valence-electron chi connectivity index (χ3n) is 2.33. The lowest BCUT2D eigenvalue weighted by Crippen LogP contribution is -2.11. The summed E-state index contributed by atoms with van der Waals surface area (Å²) in [5.41, 5.74) is 2.07. The lowest BCUT2D eigenvalue weighted by atomic mass is 10.1. The fraction of sp³-hybridized carbons (Fsp3) is 0.385. The number of rotatable bonds is 4. The van der Waals surface area contributed by atoms with E-state index in [1.165, 1.54) is 0 Å². The number of ether oxygens (including phenoxy) is 1. The van der Waals surface area contributed by atoms with Crippen molar-refractivity contribution in [3.05, 3.63) is 29.3 Å². The maximum Gasteiger partial charge on any atom is 0.338 e. The predicted octanol–water partition coefficient (Wildman–Crippen LogP) is 2.52. The number of benzene rings is 1. The van der Waals surface area contributed by atoms with E-state index in [9.17, 15) is 9.59 Å². The van der Waals surface area contributed by atoms with Gasteiger partial charge in [-0.05, 0) is 37.6 Å². The minimum absolute atomic E-state index is 0.0445. The fourth-order valence-corrected chi connectivity index (χ4v) is 1.38. The van der Waals surface area contributed by atoms with Crippen LogP contribution in [-0.4, -0.2) is 18.5 Å². The Hall–Kier alpha value is -1.84. The van der Waals surface area contributed by atoms with E-state index in [0.717, 1.165) is 11.3 Å². The number of aryl methyl sites for hydroxylation is 1. The molecule has 17 heavy (non-hydrogen) atoms. The molecule has 0 atom stereocenters. The highest BCUT2D eigenvalue weighted by Gasteiger charge is 2.09. The summed E-state index contributed by atoms with van der Waals surface area (Å²) in [5.74, 6) is -0.388. The van der Waals surface area contributed by atoms with Gasteiger partial charge in [0.05, 0.1) is 12.2 Å². The molecular weight excluding hydrogens is 218 g/mol. The molecule has 1 N–H and O–H groups in total. The Bertz CT molecular complexity index is 427. The summed E-state index contributed by atoms with van der Waals surface area (Å²) < 4.78 is 4.90. The zero-order chi connectivity index (χ0) is 12.8. The van der Waals surface area contributed by atoms with Gasteiger partial charge < -0.3 is 10.1 Å². The van der Waals surface area contributed by atoms with Crippen LogP contribution >= 0.6 is 0 Å². The second kappa shape index (κ2) is 6.03. The molecule has 4 heteroatoms. The molecule has 1 aromatic carbocycles. The molecule has 0 aromatic heterocycles. The zero-order valence-corrected chi connectivity index (χ0v) is 10.4. The molecule has 1 aromatic rings. The van der Waals surface area contributed by atoms with E-state index < -0.39 is 0 Å². The van der Waals surface area contributed by atoms with Crippen LogP contribution in [0.1, 0.15) is 36.2 Å². The number of carbonyl (C=O) groups excluding carboxylic acids is 2. The van der Waals surface area contributed by atoms with Crippen molar-refractivity contribution >= 4 is 17.6 Å². The largest absolute Gasteiger partial charge is 0.462 e. The SMILES string of the molecule is CCOC(=O)c1ccc(NC(=O)CC)c(C)c1. The van der Waals surface area contributed by atoms with Crippen LogP contribution in [0.3, 0.4) is 0 Å². The molecule has 0 saturated carbocycles. The molecule has 0 saturated heterocycles. The van der Waals surface area contributed by atoms with Crippen LogP contribution in [0.25, 0.3) is 0 Å².